The van der Waals surface area contributed by atoms with Crippen LogP contribution in [-0.4, -0.2) is 60.3 Å². The molecular formula is C35H43NO7. The quantitative estimate of drug-likeness (QED) is 0.241. The van der Waals surface area contributed by atoms with Gasteiger partial charge in [-0.05, 0) is 51.3 Å². The first-order chi connectivity index (χ1) is 20.3. The number of hydrogen-bond donors (Lipinski definition) is 2. The van der Waals surface area contributed by atoms with Crippen LogP contribution in [0.5, 0.6) is 0 Å². The highest BCUT2D eigenvalue weighted by atomic mass is 16.8. The van der Waals surface area contributed by atoms with E-state index in [0.717, 1.165) is 16.7 Å². The van der Waals surface area contributed by atoms with Gasteiger partial charge < -0.3 is 29.4 Å². The predicted octanol–water partition coefficient (Wildman–Crippen LogP) is 4.97. The second-order valence-electron chi connectivity index (χ2n) is 12.4. The van der Waals surface area contributed by atoms with E-state index in [0.29, 0.717) is 0 Å². The Bertz CT molecular complexity index is 1240. The second-order valence-corrected chi connectivity index (χ2v) is 12.4. The zero-order valence-electron chi connectivity index (χ0n) is 25.8. The van der Waals surface area contributed by atoms with Crippen LogP contribution in [-0.2, 0) is 34.1 Å². The lowest BCUT2D eigenvalue weighted by atomic mass is 9.80. The highest BCUT2D eigenvalue weighted by Gasteiger charge is 2.49. The average molecular weight is 590 g/mol. The van der Waals surface area contributed by atoms with E-state index in [1.807, 2.05) is 91.0 Å². The normalized spacial score (nSPS) is 19.8. The van der Waals surface area contributed by atoms with Crippen LogP contribution >= 0.6 is 0 Å². The number of rotatable bonds is 11. The lowest BCUT2D eigenvalue weighted by Gasteiger charge is -2.38. The molecule has 1 aliphatic rings. The fraction of sp³-hybridized carbons (Fsp3) is 0.429. The average Bonchev–Trinajstić information content (AvgIpc) is 3.29. The number of hydrogen-bond acceptors (Lipinski definition) is 7. The van der Waals surface area contributed by atoms with Crippen molar-refractivity contribution in [1.29, 1.82) is 0 Å². The Morgan fingerprint density at radius 3 is 1.74 bits per heavy atom. The van der Waals surface area contributed by atoms with Gasteiger partial charge in [-0.3, -0.25) is 9.59 Å². The van der Waals surface area contributed by atoms with Gasteiger partial charge in [-0.25, -0.2) is 0 Å². The molecule has 1 fully saturated rings. The Labute approximate surface area is 254 Å². The third kappa shape index (κ3) is 7.70. The summed E-state index contributed by atoms with van der Waals surface area (Å²) in [5.41, 5.74) is 0.863. The minimum atomic E-state index is -1.22. The highest BCUT2D eigenvalue weighted by molar-refractivity contribution is 5.75. The molecule has 8 nitrogen and oxygen atoms in total. The summed E-state index contributed by atoms with van der Waals surface area (Å²) >= 11 is 0. The van der Waals surface area contributed by atoms with E-state index in [4.69, 9.17) is 18.9 Å². The molecule has 1 saturated heterocycles. The van der Waals surface area contributed by atoms with E-state index in [2.05, 4.69) is 5.32 Å². The van der Waals surface area contributed by atoms with Crippen LogP contribution in [0.4, 0.5) is 0 Å². The van der Waals surface area contributed by atoms with Crippen molar-refractivity contribution in [2.75, 3.05) is 13.2 Å². The minimum absolute atomic E-state index is 0.101. The zero-order valence-corrected chi connectivity index (χ0v) is 25.8. The maximum atomic E-state index is 12.5. The molecule has 0 radical (unpaired) electrons. The van der Waals surface area contributed by atoms with E-state index in [9.17, 15) is 14.7 Å². The Balaban J connectivity index is 1.68. The molecule has 1 aliphatic heterocycles. The Morgan fingerprint density at radius 2 is 1.33 bits per heavy atom. The van der Waals surface area contributed by atoms with Crippen molar-refractivity contribution in [2.45, 2.75) is 77.3 Å². The predicted molar refractivity (Wildman–Crippen MR) is 163 cm³/mol. The highest BCUT2D eigenvalue weighted by Crippen LogP contribution is 2.41. The molecule has 0 spiro atoms. The van der Waals surface area contributed by atoms with Gasteiger partial charge in [-0.2, -0.15) is 0 Å². The van der Waals surface area contributed by atoms with E-state index in [1.165, 1.54) is 6.92 Å². The third-order valence-corrected chi connectivity index (χ3v) is 7.36. The summed E-state index contributed by atoms with van der Waals surface area (Å²) in [5, 5.41) is 14.6. The van der Waals surface area contributed by atoms with Crippen LogP contribution in [0.3, 0.4) is 0 Å². The molecule has 4 rings (SSSR count). The van der Waals surface area contributed by atoms with Gasteiger partial charge in [0.15, 0.2) is 5.79 Å². The Kier molecular flexibility index (Phi) is 10.1. The lowest BCUT2D eigenvalue weighted by Crippen LogP contribution is -2.56. The van der Waals surface area contributed by atoms with Crippen molar-refractivity contribution >= 4 is 11.9 Å². The van der Waals surface area contributed by atoms with E-state index >= 15 is 0 Å². The van der Waals surface area contributed by atoms with Crippen molar-refractivity contribution in [3.8, 4) is 0 Å². The van der Waals surface area contributed by atoms with Crippen LogP contribution in [0, 0.1) is 5.41 Å². The van der Waals surface area contributed by atoms with Gasteiger partial charge in [0.05, 0.1) is 18.1 Å². The van der Waals surface area contributed by atoms with Gasteiger partial charge in [0.1, 0.15) is 30.5 Å². The number of aliphatic hydroxyl groups is 1. The number of esters is 1. The summed E-state index contributed by atoms with van der Waals surface area (Å²) < 4.78 is 24.7. The standard InChI is InChI=1S/C35H43NO7/c1-24(37)36-30(31-29(42-34(5,6)43-31)23-40-32(39)33(2,3)4)28(38)22-41-35(25-16-10-7-11-17-25,26-18-12-8-13-19-26)27-20-14-9-15-21-27/h7-21,28-31,38H,22-23H2,1-6H3,(H,36,37). The first-order valence-corrected chi connectivity index (χ1v) is 14.6. The van der Waals surface area contributed by atoms with Crippen LogP contribution in [0.2, 0.25) is 0 Å². The molecule has 8 heteroatoms. The molecule has 1 heterocycles. The van der Waals surface area contributed by atoms with Crippen LogP contribution in [0.15, 0.2) is 91.0 Å². The molecule has 43 heavy (non-hydrogen) atoms. The smallest absolute Gasteiger partial charge is 0.311 e. The first-order valence-electron chi connectivity index (χ1n) is 14.6. The van der Waals surface area contributed by atoms with Crippen molar-refractivity contribution in [3.05, 3.63) is 108 Å². The van der Waals surface area contributed by atoms with Crippen molar-refractivity contribution in [2.24, 2.45) is 5.41 Å². The van der Waals surface area contributed by atoms with E-state index in [-0.39, 0.29) is 19.1 Å². The van der Waals surface area contributed by atoms with Crippen molar-refractivity contribution in [3.63, 3.8) is 0 Å². The largest absolute Gasteiger partial charge is 0.462 e. The number of benzene rings is 3. The fourth-order valence-corrected chi connectivity index (χ4v) is 5.39. The summed E-state index contributed by atoms with van der Waals surface area (Å²) in [6.07, 6.45) is -2.79. The summed E-state index contributed by atoms with van der Waals surface area (Å²) in [4.78, 5) is 24.9. The molecule has 2 N–H and O–H groups in total. The van der Waals surface area contributed by atoms with Gasteiger partial charge in [0.2, 0.25) is 5.91 Å². The summed E-state index contributed by atoms with van der Waals surface area (Å²) in [7, 11) is 0. The number of nitrogens with one attached hydrogen (secondary N) is 1. The van der Waals surface area contributed by atoms with Crippen LogP contribution in [0.25, 0.3) is 0 Å². The van der Waals surface area contributed by atoms with Gasteiger partial charge in [0, 0.05) is 6.92 Å². The van der Waals surface area contributed by atoms with Crippen LogP contribution in [0.1, 0.15) is 58.2 Å². The summed E-state index contributed by atoms with van der Waals surface area (Å²) in [6.45, 7) is 9.88. The monoisotopic (exact) mass is 589 g/mol. The molecule has 230 valence electrons. The SMILES string of the molecule is CC(=O)NC(C(O)COC(c1ccccc1)(c1ccccc1)c1ccccc1)C1OC(C)(C)OC1COC(=O)C(C)(C)C. The Hall–Kier alpha value is -3.56. The molecule has 3 aromatic carbocycles. The molecule has 4 unspecified atom stereocenters. The number of carbonyl (C=O) groups is 2. The summed E-state index contributed by atoms with van der Waals surface area (Å²) in [5.74, 6) is -1.79. The van der Waals surface area contributed by atoms with E-state index in [1.54, 1.807) is 34.6 Å². The van der Waals surface area contributed by atoms with E-state index < -0.39 is 47.1 Å². The molecular weight excluding hydrogens is 546 g/mol. The van der Waals surface area contributed by atoms with Crippen molar-refractivity contribution < 1.29 is 33.6 Å². The summed E-state index contributed by atoms with van der Waals surface area (Å²) in [6, 6.07) is 28.6. The lowest BCUT2D eigenvalue weighted by molar-refractivity contribution is -0.166. The van der Waals surface area contributed by atoms with Crippen molar-refractivity contribution in [1.82, 2.24) is 5.32 Å². The number of ether oxygens (including phenoxy) is 4. The maximum absolute atomic E-state index is 12.5. The number of carbonyl (C=O) groups excluding carboxylic acids is 2. The first kappa shape index (κ1) is 32.4. The molecule has 4 atom stereocenters. The number of amides is 1. The number of aliphatic hydroxyl groups excluding tert-OH is 1. The van der Waals surface area contributed by atoms with Gasteiger partial charge in [-0.15, -0.1) is 0 Å². The molecule has 1 amide bonds. The maximum Gasteiger partial charge on any atom is 0.311 e. The molecule has 3 aromatic rings. The Morgan fingerprint density at radius 1 is 0.860 bits per heavy atom. The zero-order chi connectivity index (χ0) is 31.3. The topological polar surface area (TPSA) is 103 Å². The van der Waals surface area contributed by atoms with Crippen LogP contribution < -0.4 is 5.32 Å². The van der Waals surface area contributed by atoms with Gasteiger partial charge in [0.25, 0.3) is 0 Å². The molecule has 0 saturated carbocycles. The minimum Gasteiger partial charge on any atom is -0.462 e. The molecule has 0 aromatic heterocycles. The second kappa shape index (κ2) is 13.4. The molecule has 0 bridgehead atoms. The molecule has 0 aliphatic carbocycles. The fourth-order valence-electron chi connectivity index (χ4n) is 5.39. The third-order valence-electron chi connectivity index (χ3n) is 7.36. The van der Waals surface area contributed by atoms with Gasteiger partial charge >= 0.3 is 5.97 Å². The van der Waals surface area contributed by atoms with Gasteiger partial charge in [-0.1, -0.05) is 91.0 Å².